The molecule has 0 bridgehead atoms. The molecule has 0 unspecified atom stereocenters. The van der Waals surface area contributed by atoms with Gasteiger partial charge in [0.1, 0.15) is 5.76 Å². The van der Waals surface area contributed by atoms with Gasteiger partial charge in [0.05, 0.1) is 6.61 Å². The van der Waals surface area contributed by atoms with Crippen molar-refractivity contribution >= 4 is 5.91 Å². The normalized spacial score (nSPS) is 17.1. The van der Waals surface area contributed by atoms with Gasteiger partial charge in [-0.15, -0.1) is 0 Å². The van der Waals surface area contributed by atoms with E-state index in [0.29, 0.717) is 24.6 Å². The van der Waals surface area contributed by atoms with E-state index in [1.165, 1.54) is 5.06 Å². The van der Waals surface area contributed by atoms with Gasteiger partial charge >= 0.3 is 0 Å². The second-order valence-corrected chi connectivity index (χ2v) is 3.27. The summed E-state index contributed by atoms with van der Waals surface area (Å²) in [4.78, 5) is 16.9. The van der Waals surface area contributed by atoms with E-state index in [-0.39, 0.29) is 5.91 Å². The number of hydroxylamine groups is 2. The van der Waals surface area contributed by atoms with Crippen LogP contribution in [-0.2, 0) is 4.84 Å². The molecule has 1 aromatic heterocycles. The van der Waals surface area contributed by atoms with Crippen molar-refractivity contribution in [3.63, 3.8) is 0 Å². The maximum Gasteiger partial charge on any atom is 0.299 e. The number of rotatable bonds is 1. The molecule has 14 heavy (non-hydrogen) atoms. The zero-order valence-electron chi connectivity index (χ0n) is 8.02. The molecular weight excluding hydrogens is 184 g/mol. The van der Waals surface area contributed by atoms with Gasteiger partial charge < -0.3 is 4.52 Å². The van der Waals surface area contributed by atoms with Gasteiger partial charge in [-0.05, 0) is 19.8 Å². The standard InChI is InChI=1S/C9H12N2O3/c1-7-6-8(10-14-7)9(12)11-4-2-3-5-13-11/h6H,2-5H2,1H3. The van der Waals surface area contributed by atoms with Gasteiger partial charge in [-0.25, -0.2) is 5.06 Å². The number of carbonyl (C=O) groups is 1. The summed E-state index contributed by atoms with van der Waals surface area (Å²) in [6, 6.07) is 1.61. The minimum Gasteiger partial charge on any atom is -0.361 e. The first-order valence-corrected chi connectivity index (χ1v) is 4.65. The van der Waals surface area contributed by atoms with Crippen molar-refractivity contribution in [1.82, 2.24) is 10.2 Å². The molecule has 0 spiro atoms. The molecule has 0 atom stereocenters. The quantitative estimate of drug-likeness (QED) is 0.676. The smallest absolute Gasteiger partial charge is 0.299 e. The Morgan fingerprint density at radius 1 is 1.57 bits per heavy atom. The third kappa shape index (κ3) is 1.77. The average Bonchev–Trinajstić information content (AvgIpc) is 2.65. The van der Waals surface area contributed by atoms with Crippen LogP contribution in [0.5, 0.6) is 0 Å². The van der Waals surface area contributed by atoms with Crippen LogP contribution in [0.2, 0.25) is 0 Å². The molecule has 1 aliphatic rings. The fourth-order valence-electron chi connectivity index (χ4n) is 1.35. The lowest BCUT2D eigenvalue weighted by atomic mass is 10.3. The first-order valence-electron chi connectivity index (χ1n) is 4.65. The van der Waals surface area contributed by atoms with Crippen molar-refractivity contribution in [2.45, 2.75) is 19.8 Å². The summed E-state index contributed by atoms with van der Waals surface area (Å²) in [5, 5.41) is 4.99. The molecule has 76 valence electrons. The summed E-state index contributed by atoms with van der Waals surface area (Å²) in [6.45, 7) is 2.98. The number of hydrogen-bond donors (Lipinski definition) is 0. The Bertz CT molecular complexity index is 329. The van der Waals surface area contributed by atoms with Crippen LogP contribution in [0.4, 0.5) is 0 Å². The zero-order valence-corrected chi connectivity index (χ0v) is 8.02. The lowest BCUT2D eigenvalue weighted by molar-refractivity contribution is -0.144. The Balaban J connectivity index is 2.07. The van der Waals surface area contributed by atoms with Gasteiger partial charge in [0, 0.05) is 12.6 Å². The first kappa shape index (κ1) is 9.21. The van der Waals surface area contributed by atoms with E-state index >= 15 is 0 Å². The van der Waals surface area contributed by atoms with E-state index in [0.717, 1.165) is 12.8 Å². The fraction of sp³-hybridized carbons (Fsp3) is 0.556. The van der Waals surface area contributed by atoms with Gasteiger partial charge in [-0.2, -0.15) is 0 Å². The predicted molar refractivity (Wildman–Crippen MR) is 47.5 cm³/mol. The second-order valence-electron chi connectivity index (χ2n) is 3.27. The van der Waals surface area contributed by atoms with Crippen molar-refractivity contribution in [3.05, 3.63) is 17.5 Å². The van der Waals surface area contributed by atoms with Gasteiger partial charge in [0.15, 0.2) is 5.69 Å². The SMILES string of the molecule is Cc1cc(C(=O)N2CCCCO2)no1. The van der Waals surface area contributed by atoms with Crippen LogP contribution in [0.25, 0.3) is 0 Å². The number of nitrogens with zero attached hydrogens (tertiary/aromatic N) is 2. The Hall–Kier alpha value is -1.36. The molecule has 2 heterocycles. The highest BCUT2D eigenvalue weighted by Crippen LogP contribution is 2.11. The van der Waals surface area contributed by atoms with Gasteiger partial charge in [0.2, 0.25) is 0 Å². The number of amides is 1. The summed E-state index contributed by atoms with van der Waals surface area (Å²) in [7, 11) is 0. The molecule has 0 aliphatic carbocycles. The van der Waals surface area contributed by atoms with E-state index < -0.39 is 0 Å². The third-order valence-corrected chi connectivity index (χ3v) is 2.08. The Kier molecular flexibility index (Phi) is 2.49. The predicted octanol–water partition coefficient (Wildman–Crippen LogP) is 1.15. The molecule has 0 radical (unpaired) electrons. The van der Waals surface area contributed by atoms with Crippen LogP contribution in [0.3, 0.4) is 0 Å². The molecule has 1 aromatic rings. The van der Waals surface area contributed by atoms with E-state index in [4.69, 9.17) is 9.36 Å². The average molecular weight is 196 g/mol. The Morgan fingerprint density at radius 3 is 3.00 bits per heavy atom. The third-order valence-electron chi connectivity index (χ3n) is 2.08. The summed E-state index contributed by atoms with van der Waals surface area (Å²) in [5.74, 6) is 0.409. The summed E-state index contributed by atoms with van der Waals surface area (Å²) >= 11 is 0. The first-order chi connectivity index (χ1) is 6.77. The monoisotopic (exact) mass is 196 g/mol. The molecule has 5 nitrogen and oxygen atoms in total. The van der Waals surface area contributed by atoms with Crippen molar-refractivity contribution in [2.75, 3.05) is 13.2 Å². The molecule has 1 fully saturated rings. The molecule has 0 saturated carbocycles. The maximum atomic E-state index is 11.7. The number of hydrogen-bond acceptors (Lipinski definition) is 4. The molecule has 1 saturated heterocycles. The molecule has 0 aromatic carbocycles. The molecule has 1 amide bonds. The topological polar surface area (TPSA) is 55.6 Å². The molecular formula is C9H12N2O3. The van der Waals surface area contributed by atoms with Crippen LogP contribution in [0.1, 0.15) is 29.1 Å². The largest absolute Gasteiger partial charge is 0.361 e. The zero-order chi connectivity index (χ0) is 9.97. The van der Waals surface area contributed by atoms with Crippen LogP contribution in [0, 0.1) is 6.92 Å². The summed E-state index contributed by atoms with van der Waals surface area (Å²) in [6.07, 6.45) is 1.98. The van der Waals surface area contributed by atoms with Crippen molar-refractivity contribution in [2.24, 2.45) is 0 Å². The van der Waals surface area contributed by atoms with Crippen LogP contribution in [-0.4, -0.2) is 29.3 Å². The highest BCUT2D eigenvalue weighted by Gasteiger charge is 2.21. The summed E-state index contributed by atoms with van der Waals surface area (Å²) in [5.41, 5.74) is 0.310. The van der Waals surface area contributed by atoms with E-state index in [9.17, 15) is 4.79 Å². The lowest BCUT2D eigenvalue weighted by Crippen LogP contribution is -2.35. The van der Waals surface area contributed by atoms with Gasteiger partial charge in [-0.3, -0.25) is 9.63 Å². The minimum atomic E-state index is -0.221. The van der Waals surface area contributed by atoms with E-state index in [1.807, 2.05) is 0 Å². The van der Waals surface area contributed by atoms with Crippen LogP contribution >= 0.6 is 0 Å². The fourth-order valence-corrected chi connectivity index (χ4v) is 1.35. The Labute approximate surface area is 81.6 Å². The molecule has 0 N–H and O–H groups in total. The van der Waals surface area contributed by atoms with E-state index in [1.54, 1.807) is 13.0 Å². The number of aromatic nitrogens is 1. The van der Waals surface area contributed by atoms with Gasteiger partial charge in [0.25, 0.3) is 5.91 Å². The number of carbonyl (C=O) groups excluding carboxylic acids is 1. The van der Waals surface area contributed by atoms with Crippen LogP contribution < -0.4 is 0 Å². The highest BCUT2D eigenvalue weighted by atomic mass is 16.7. The number of aryl methyl sites for hydroxylation is 1. The van der Waals surface area contributed by atoms with Gasteiger partial charge in [-0.1, -0.05) is 5.16 Å². The molecule has 2 rings (SSSR count). The lowest BCUT2D eigenvalue weighted by Gasteiger charge is -2.24. The Morgan fingerprint density at radius 2 is 2.43 bits per heavy atom. The minimum absolute atomic E-state index is 0.221. The maximum absolute atomic E-state index is 11.7. The van der Waals surface area contributed by atoms with Crippen molar-refractivity contribution < 1.29 is 14.2 Å². The summed E-state index contributed by atoms with van der Waals surface area (Å²) < 4.78 is 4.82. The molecule has 5 heteroatoms. The van der Waals surface area contributed by atoms with Crippen molar-refractivity contribution in [3.8, 4) is 0 Å². The molecule has 1 aliphatic heterocycles. The van der Waals surface area contributed by atoms with Crippen molar-refractivity contribution in [1.29, 1.82) is 0 Å². The second kappa shape index (κ2) is 3.79. The van der Waals surface area contributed by atoms with E-state index in [2.05, 4.69) is 5.16 Å². The van der Waals surface area contributed by atoms with Crippen LogP contribution in [0.15, 0.2) is 10.6 Å². The highest BCUT2D eigenvalue weighted by molar-refractivity contribution is 5.91.